The molecule has 2 fully saturated rings. The fourth-order valence-corrected chi connectivity index (χ4v) is 4.12. The van der Waals surface area contributed by atoms with Crippen LogP contribution in [0.1, 0.15) is 38.4 Å². The monoisotopic (exact) mass is 340 g/mol. The lowest BCUT2D eigenvalue weighted by atomic mass is 9.92. The van der Waals surface area contributed by atoms with Crippen LogP contribution in [0.25, 0.3) is 11.0 Å². The molecule has 4 rings (SSSR count). The summed E-state index contributed by atoms with van der Waals surface area (Å²) in [4.78, 5) is 25.3. The Labute approximate surface area is 149 Å². The molecule has 0 bridgehead atoms. The van der Waals surface area contributed by atoms with Gasteiger partial charge in [0.2, 0.25) is 5.91 Å². The molecule has 1 N–H and O–H groups in total. The Balaban J connectivity index is 1.30. The van der Waals surface area contributed by atoms with Gasteiger partial charge in [0.05, 0.1) is 17.6 Å². The van der Waals surface area contributed by atoms with Gasteiger partial charge in [0.1, 0.15) is 5.82 Å². The number of aromatic amines is 1. The van der Waals surface area contributed by atoms with E-state index in [1.54, 1.807) is 0 Å². The Hall–Kier alpha value is -1.88. The van der Waals surface area contributed by atoms with Gasteiger partial charge >= 0.3 is 0 Å². The molecule has 1 amide bonds. The van der Waals surface area contributed by atoms with Crippen molar-refractivity contribution in [2.75, 3.05) is 26.2 Å². The number of amides is 1. The molecule has 0 aliphatic carbocycles. The first-order valence-electron chi connectivity index (χ1n) is 9.64. The van der Waals surface area contributed by atoms with Crippen LogP contribution < -0.4 is 0 Å². The van der Waals surface area contributed by atoms with Gasteiger partial charge in [-0.25, -0.2) is 4.98 Å². The van der Waals surface area contributed by atoms with Crippen molar-refractivity contribution in [2.24, 2.45) is 11.8 Å². The van der Waals surface area contributed by atoms with Gasteiger partial charge in [-0.2, -0.15) is 0 Å². The first-order chi connectivity index (χ1) is 12.2. The standard InChI is InChI=1S/C20H28N4O/c1-15-6-12-24(13-7-15)20(25)16-8-10-23(11-9-16)14-19-21-17-4-2-3-5-18(17)22-19/h2-5,15-16H,6-14H2,1H3,(H,21,22). The van der Waals surface area contributed by atoms with Gasteiger partial charge in [0.25, 0.3) is 0 Å². The van der Waals surface area contributed by atoms with Crippen molar-refractivity contribution in [3.05, 3.63) is 30.1 Å². The minimum absolute atomic E-state index is 0.223. The fourth-order valence-electron chi connectivity index (χ4n) is 4.12. The number of carbonyl (C=O) groups is 1. The number of hydrogen-bond donors (Lipinski definition) is 1. The first-order valence-corrected chi connectivity index (χ1v) is 9.64. The van der Waals surface area contributed by atoms with Crippen LogP contribution in [-0.2, 0) is 11.3 Å². The molecule has 0 saturated carbocycles. The Morgan fingerprint density at radius 1 is 1.12 bits per heavy atom. The zero-order chi connectivity index (χ0) is 17.2. The summed E-state index contributed by atoms with van der Waals surface area (Å²) in [5.74, 6) is 2.42. The van der Waals surface area contributed by atoms with Crippen LogP contribution in [0, 0.1) is 11.8 Å². The molecule has 5 nitrogen and oxygen atoms in total. The molecule has 134 valence electrons. The molecule has 2 aromatic rings. The SMILES string of the molecule is CC1CCN(C(=O)C2CCN(Cc3nc4ccccc4[nH]3)CC2)CC1. The third-order valence-electron chi connectivity index (χ3n) is 5.84. The lowest BCUT2D eigenvalue weighted by Crippen LogP contribution is -2.45. The van der Waals surface area contributed by atoms with Crippen molar-refractivity contribution in [2.45, 2.75) is 39.2 Å². The van der Waals surface area contributed by atoms with Gasteiger partial charge in [-0.3, -0.25) is 9.69 Å². The van der Waals surface area contributed by atoms with Crippen molar-refractivity contribution in [1.82, 2.24) is 19.8 Å². The van der Waals surface area contributed by atoms with Gasteiger partial charge in [-0.15, -0.1) is 0 Å². The zero-order valence-electron chi connectivity index (χ0n) is 15.1. The van der Waals surface area contributed by atoms with Crippen molar-refractivity contribution in [3.63, 3.8) is 0 Å². The molecular weight excluding hydrogens is 312 g/mol. The van der Waals surface area contributed by atoms with E-state index >= 15 is 0 Å². The van der Waals surface area contributed by atoms with Crippen LogP contribution in [0.15, 0.2) is 24.3 Å². The largest absolute Gasteiger partial charge is 0.342 e. The fraction of sp³-hybridized carbons (Fsp3) is 0.600. The molecule has 1 aromatic heterocycles. The number of nitrogens with zero attached hydrogens (tertiary/aromatic N) is 3. The molecule has 3 heterocycles. The maximum atomic E-state index is 12.7. The van der Waals surface area contributed by atoms with Crippen LogP contribution in [0.2, 0.25) is 0 Å². The number of carbonyl (C=O) groups excluding carboxylic acids is 1. The highest BCUT2D eigenvalue weighted by atomic mass is 16.2. The van der Waals surface area contributed by atoms with Crippen molar-refractivity contribution < 1.29 is 4.79 Å². The smallest absolute Gasteiger partial charge is 0.225 e. The van der Waals surface area contributed by atoms with Crippen molar-refractivity contribution in [3.8, 4) is 0 Å². The second kappa shape index (κ2) is 7.16. The average Bonchev–Trinajstić information content (AvgIpc) is 3.05. The van der Waals surface area contributed by atoms with E-state index in [4.69, 9.17) is 0 Å². The number of nitrogens with one attached hydrogen (secondary N) is 1. The number of piperidine rings is 2. The maximum Gasteiger partial charge on any atom is 0.225 e. The summed E-state index contributed by atoms with van der Waals surface area (Å²) in [6.45, 7) is 7.02. The average molecular weight is 340 g/mol. The molecule has 2 saturated heterocycles. The van der Waals surface area contributed by atoms with Crippen molar-refractivity contribution in [1.29, 1.82) is 0 Å². The molecule has 0 spiro atoms. The minimum Gasteiger partial charge on any atom is -0.342 e. The van der Waals surface area contributed by atoms with Crippen LogP contribution in [-0.4, -0.2) is 51.9 Å². The van der Waals surface area contributed by atoms with Gasteiger partial charge in [0, 0.05) is 19.0 Å². The lowest BCUT2D eigenvalue weighted by Gasteiger charge is -2.36. The number of hydrogen-bond acceptors (Lipinski definition) is 3. The summed E-state index contributed by atoms with van der Waals surface area (Å²) >= 11 is 0. The Bertz CT molecular complexity index is 691. The zero-order valence-corrected chi connectivity index (χ0v) is 15.1. The van der Waals surface area contributed by atoms with E-state index in [0.717, 1.165) is 81.2 Å². The topological polar surface area (TPSA) is 52.2 Å². The van der Waals surface area contributed by atoms with E-state index in [2.05, 4.69) is 32.8 Å². The van der Waals surface area contributed by atoms with Gasteiger partial charge in [-0.1, -0.05) is 19.1 Å². The molecule has 0 atom stereocenters. The van der Waals surface area contributed by atoms with Crippen LogP contribution in [0.3, 0.4) is 0 Å². The highest BCUT2D eigenvalue weighted by Crippen LogP contribution is 2.24. The molecule has 2 aliphatic heterocycles. The minimum atomic E-state index is 0.223. The van der Waals surface area contributed by atoms with Crippen LogP contribution in [0.5, 0.6) is 0 Å². The van der Waals surface area contributed by atoms with E-state index in [1.807, 2.05) is 18.2 Å². The Morgan fingerprint density at radius 3 is 2.56 bits per heavy atom. The molecule has 25 heavy (non-hydrogen) atoms. The molecule has 0 radical (unpaired) electrons. The van der Waals surface area contributed by atoms with E-state index in [0.29, 0.717) is 5.91 Å². The van der Waals surface area contributed by atoms with Crippen LogP contribution in [0.4, 0.5) is 0 Å². The van der Waals surface area contributed by atoms with E-state index in [1.165, 1.54) is 0 Å². The van der Waals surface area contributed by atoms with Crippen LogP contribution >= 0.6 is 0 Å². The molecular formula is C20H28N4O. The van der Waals surface area contributed by atoms with Crippen molar-refractivity contribution >= 4 is 16.9 Å². The Kier molecular flexibility index (Phi) is 4.75. The van der Waals surface area contributed by atoms with Gasteiger partial charge in [-0.05, 0) is 56.8 Å². The van der Waals surface area contributed by atoms with E-state index in [9.17, 15) is 4.79 Å². The van der Waals surface area contributed by atoms with Gasteiger partial charge in [0.15, 0.2) is 0 Å². The van der Waals surface area contributed by atoms with E-state index in [-0.39, 0.29) is 5.92 Å². The lowest BCUT2D eigenvalue weighted by molar-refractivity contribution is -0.138. The molecule has 0 unspecified atom stereocenters. The highest BCUT2D eigenvalue weighted by Gasteiger charge is 2.30. The number of imidazole rings is 1. The van der Waals surface area contributed by atoms with Gasteiger partial charge < -0.3 is 9.88 Å². The number of aromatic nitrogens is 2. The predicted octanol–water partition coefficient (Wildman–Crippen LogP) is 3.03. The molecule has 5 heteroatoms. The summed E-state index contributed by atoms with van der Waals surface area (Å²) in [6.07, 6.45) is 4.28. The summed E-state index contributed by atoms with van der Waals surface area (Å²) in [5.41, 5.74) is 2.13. The molecule has 2 aliphatic rings. The summed E-state index contributed by atoms with van der Waals surface area (Å²) < 4.78 is 0. The number of H-pyrrole nitrogens is 1. The number of para-hydroxylation sites is 2. The number of benzene rings is 1. The normalized spacial score (nSPS) is 21.1. The molecule has 1 aromatic carbocycles. The van der Waals surface area contributed by atoms with E-state index < -0.39 is 0 Å². The number of rotatable bonds is 3. The third kappa shape index (κ3) is 3.71. The second-order valence-corrected chi connectivity index (χ2v) is 7.76. The summed E-state index contributed by atoms with van der Waals surface area (Å²) in [6, 6.07) is 8.16. The summed E-state index contributed by atoms with van der Waals surface area (Å²) in [7, 11) is 0. The number of fused-ring (bicyclic) bond motifs is 1. The quantitative estimate of drug-likeness (QED) is 0.934. The second-order valence-electron chi connectivity index (χ2n) is 7.76. The summed E-state index contributed by atoms with van der Waals surface area (Å²) in [5, 5.41) is 0. The predicted molar refractivity (Wildman–Crippen MR) is 99.1 cm³/mol. The third-order valence-corrected chi connectivity index (χ3v) is 5.84. The maximum absolute atomic E-state index is 12.7. The number of likely N-dealkylation sites (tertiary alicyclic amines) is 2. The first kappa shape index (κ1) is 16.6. The highest BCUT2D eigenvalue weighted by molar-refractivity contribution is 5.79. The Morgan fingerprint density at radius 2 is 1.84 bits per heavy atom.